The van der Waals surface area contributed by atoms with Crippen LogP contribution in [0.2, 0.25) is 0 Å². The van der Waals surface area contributed by atoms with Crippen LogP contribution in [0.1, 0.15) is 26.1 Å². The third-order valence-electron chi connectivity index (χ3n) is 3.29. The van der Waals surface area contributed by atoms with E-state index in [4.69, 9.17) is 0 Å². The standard InChI is InChI=1S/C12H16N4O2/c1-7(2)6-16-10-9(11(17)14-12(16)18)15-5-3-4-8(15)13-10/h7H,3-6H2,1-2H3,(H,14,17,18). The molecule has 0 fully saturated rings. The van der Waals surface area contributed by atoms with E-state index in [9.17, 15) is 9.59 Å². The number of imidazole rings is 1. The van der Waals surface area contributed by atoms with Gasteiger partial charge in [0.1, 0.15) is 5.82 Å². The molecule has 6 nitrogen and oxygen atoms in total. The molecule has 3 heterocycles. The lowest BCUT2D eigenvalue weighted by molar-refractivity contribution is 0.513. The monoisotopic (exact) mass is 248 g/mol. The molecule has 0 saturated carbocycles. The number of rotatable bonds is 2. The number of aryl methyl sites for hydroxylation is 2. The van der Waals surface area contributed by atoms with Crippen molar-refractivity contribution in [3.8, 4) is 0 Å². The Morgan fingerprint density at radius 3 is 2.89 bits per heavy atom. The predicted octanol–water partition coefficient (Wildman–Crippen LogP) is 0.488. The van der Waals surface area contributed by atoms with Crippen molar-refractivity contribution in [2.24, 2.45) is 5.92 Å². The van der Waals surface area contributed by atoms with Crippen LogP contribution in [-0.2, 0) is 19.5 Å². The van der Waals surface area contributed by atoms with E-state index in [-0.39, 0.29) is 11.2 Å². The molecule has 2 aromatic rings. The first-order valence-corrected chi connectivity index (χ1v) is 6.30. The van der Waals surface area contributed by atoms with Crippen molar-refractivity contribution in [1.29, 1.82) is 0 Å². The summed E-state index contributed by atoms with van der Waals surface area (Å²) in [6, 6.07) is 0. The van der Waals surface area contributed by atoms with Crippen LogP contribution < -0.4 is 11.2 Å². The zero-order chi connectivity index (χ0) is 12.9. The molecule has 18 heavy (non-hydrogen) atoms. The molecule has 6 heteroatoms. The minimum atomic E-state index is -0.363. The van der Waals surface area contributed by atoms with Crippen LogP contribution in [0.25, 0.3) is 11.2 Å². The molecule has 3 rings (SSSR count). The number of hydrogen-bond donors (Lipinski definition) is 1. The van der Waals surface area contributed by atoms with Crippen LogP contribution in [-0.4, -0.2) is 19.1 Å². The van der Waals surface area contributed by atoms with Crippen LogP contribution in [0, 0.1) is 5.92 Å². The highest BCUT2D eigenvalue weighted by atomic mass is 16.2. The highest BCUT2D eigenvalue weighted by Crippen LogP contribution is 2.19. The molecule has 96 valence electrons. The van der Waals surface area contributed by atoms with Gasteiger partial charge in [-0.3, -0.25) is 14.3 Å². The maximum Gasteiger partial charge on any atom is 0.330 e. The Labute approximate surface area is 103 Å². The van der Waals surface area contributed by atoms with Crippen molar-refractivity contribution in [1.82, 2.24) is 19.1 Å². The van der Waals surface area contributed by atoms with Crippen molar-refractivity contribution >= 4 is 11.2 Å². The van der Waals surface area contributed by atoms with Crippen molar-refractivity contribution < 1.29 is 0 Å². The second kappa shape index (κ2) is 3.83. The fourth-order valence-electron chi connectivity index (χ4n) is 2.58. The van der Waals surface area contributed by atoms with Gasteiger partial charge < -0.3 is 4.57 Å². The van der Waals surface area contributed by atoms with Gasteiger partial charge in [0, 0.05) is 19.5 Å². The Morgan fingerprint density at radius 1 is 1.39 bits per heavy atom. The highest BCUT2D eigenvalue weighted by molar-refractivity contribution is 5.71. The van der Waals surface area contributed by atoms with Crippen LogP contribution in [0.3, 0.4) is 0 Å². The predicted molar refractivity (Wildman–Crippen MR) is 67.8 cm³/mol. The highest BCUT2D eigenvalue weighted by Gasteiger charge is 2.21. The van der Waals surface area contributed by atoms with Crippen molar-refractivity contribution in [3.63, 3.8) is 0 Å². The maximum absolute atomic E-state index is 11.9. The van der Waals surface area contributed by atoms with E-state index < -0.39 is 0 Å². The van der Waals surface area contributed by atoms with E-state index in [2.05, 4.69) is 9.97 Å². The van der Waals surface area contributed by atoms with E-state index in [0.29, 0.717) is 23.6 Å². The summed E-state index contributed by atoms with van der Waals surface area (Å²) in [5, 5.41) is 0. The Morgan fingerprint density at radius 2 is 2.17 bits per heavy atom. The minimum Gasteiger partial charge on any atom is -0.322 e. The number of nitrogens with zero attached hydrogens (tertiary/aromatic N) is 3. The maximum atomic E-state index is 11.9. The molecule has 0 aromatic carbocycles. The minimum absolute atomic E-state index is 0.323. The number of aromatic nitrogens is 4. The van der Waals surface area contributed by atoms with Gasteiger partial charge in [0.25, 0.3) is 5.56 Å². The zero-order valence-electron chi connectivity index (χ0n) is 10.6. The molecule has 0 radical (unpaired) electrons. The summed E-state index contributed by atoms with van der Waals surface area (Å²) in [7, 11) is 0. The molecule has 0 saturated heterocycles. The summed E-state index contributed by atoms with van der Waals surface area (Å²) in [6.07, 6.45) is 1.89. The molecule has 0 amide bonds. The summed E-state index contributed by atoms with van der Waals surface area (Å²) >= 11 is 0. The molecule has 0 aliphatic carbocycles. The largest absolute Gasteiger partial charge is 0.330 e. The average Bonchev–Trinajstić information content (AvgIpc) is 2.82. The lowest BCUT2D eigenvalue weighted by Crippen LogP contribution is -2.32. The molecule has 0 unspecified atom stereocenters. The van der Waals surface area contributed by atoms with Crippen LogP contribution in [0.15, 0.2) is 9.59 Å². The number of hydrogen-bond acceptors (Lipinski definition) is 3. The van der Waals surface area contributed by atoms with Crippen molar-refractivity contribution in [3.05, 3.63) is 26.7 Å². The third kappa shape index (κ3) is 1.52. The van der Waals surface area contributed by atoms with Gasteiger partial charge in [-0.15, -0.1) is 0 Å². The number of H-pyrrole nitrogens is 1. The van der Waals surface area contributed by atoms with Crippen molar-refractivity contribution in [2.75, 3.05) is 0 Å². The first kappa shape index (κ1) is 11.3. The molecule has 0 atom stereocenters. The quantitative estimate of drug-likeness (QED) is 0.840. The number of fused-ring (bicyclic) bond motifs is 3. The topological polar surface area (TPSA) is 72.7 Å². The fraction of sp³-hybridized carbons (Fsp3) is 0.583. The fourth-order valence-corrected chi connectivity index (χ4v) is 2.58. The molecular formula is C12H16N4O2. The molecule has 0 bridgehead atoms. The summed E-state index contributed by atoms with van der Waals surface area (Å²) in [4.78, 5) is 30.7. The third-order valence-corrected chi connectivity index (χ3v) is 3.29. The lowest BCUT2D eigenvalue weighted by Gasteiger charge is -2.08. The first-order chi connectivity index (χ1) is 8.58. The first-order valence-electron chi connectivity index (χ1n) is 6.30. The second-order valence-electron chi connectivity index (χ2n) is 5.22. The van der Waals surface area contributed by atoms with Gasteiger partial charge in [0.2, 0.25) is 0 Å². The number of nitrogens with one attached hydrogen (secondary N) is 1. The van der Waals surface area contributed by atoms with Gasteiger partial charge in [0.15, 0.2) is 11.2 Å². The number of aromatic amines is 1. The zero-order valence-corrected chi connectivity index (χ0v) is 10.6. The molecule has 2 aromatic heterocycles. The van der Waals surface area contributed by atoms with Gasteiger partial charge in [-0.2, -0.15) is 0 Å². The van der Waals surface area contributed by atoms with Crippen LogP contribution in [0.4, 0.5) is 0 Å². The molecular weight excluding hydrogens is 232 g/mol. The Bertz CT molecular complexity index is 720. The van der Waals surface area contributed by atoms with E-state index in [1.807, 2.05) is 18.4 Å². The van der Waals surface area contributed by atoms with Gasteiger partial charge in [-0.1, -0.05) is 13.8 Å². The Hall–Kier alpha value is -1.85. The SMILES string of the molecule is CC(C)Cn1c(=O)[nH]c(=O)c2c1nc1n2CCC1. The van der Waals surface area contributed by atoms with E-state index in [1.54, 1.807) is 4.57 Å². The van der Waals surface area contributed by atoms with E-state index in [0.717, 1.165) is 25.2 Å². The van der Waals surface area contributed by atoms with Gasteiger partial charge >= 0.3 is 5.69 Å². The summed E-state index contributed by atoms with van der Waals surface area (Å²) in [5.74, 6) is 1.24. The Kier molecular flexibility index (Phi) is 2.39. The van der Waals surface area contributed by atoms with Crippen molar-refractivity contribution in [2.45, 2.75) is 39.8 Å². The van der Waals surface area contributed by atoms with E-state index >= 15 is 0 Å². The smallest absolute Gasteiger partial charge is 0.322 e. The van der Waals surface area contributed by atoms with Gasteiger partial charge in [0.05, 0.1) is 0 Å². The van der Waals surface area contributed by atoms with E-state index in [1.165, 1.54) is 0 Å². The van der Waals surface area contributed by atoms with Gasteiger partial charge in [-0.05, 0) is 12.3 Å². The second-order valence-corrected chi connectivity index (χ2v) is 5.22. The summed E-state index contributed by atoms with van der Waals surface area (Å²) < 4.78 is 3.51. The molecule has 1 N–H and O–H groups in total. The molecule has 0 spiro atoms. The van der Waals surface area contributed by atoms with Gasteiger partial charge in [-0.25, -0.2) is 9.78 Å². The lowest BCUT2D eigenvalue weighted by atomic mass is 10.2. The molecule has 1 aliphatic heterocycles. The normalized spacial score (nSPS) is 14.6. The molecule has 1 aliphatic rings. The summed E-state index contributed by atoms with van der Waals surface area (Å²) in [6.45, 7) is 5.46. The van der Waals surface area contributed by atoms with Crippen LogP contribution >= 0.6 is 0 Å². The Balaban J connectivity index is 2.36. The summed E-state index contributed by atoms with van der Waals surface area (Å²) in [5.41, 5.74) is 0.392. The van der Waals surface area contributed by atoms with Crippen LogP contribution in [0.5, 0.6) is 0 Å². The average molecular weight is 248 g/mol.